The van der Waals surface area contributed by atoms with Crippen molar-refractivity contribution < 1.29 is 9.90 Å². The number of carbonyl (C=O) groups is 1. The van der Waals surface area contributed by atoms with Gasteiger partial charge in [-0.1, -0.05) is 43.3 Å². The van der Waals surface area contributed by atoms with E-state index in [1.165, 1.54) is 27.5 Å². The van der Waals surface area contributed by atoms with E-state index >= 15 is 0 Å². The van der Waals surface area contributed by atoms with Crippen LogP contribution in [0.25, 0.3) is 10.8 Å². The van der Waals surface area contributed by atoms with Crippen LogP contribution in [0.15, 0.2) is 53.0 Å². The number of aliphatic carboxylic acids is 1. The van der Waals surface area contributed by atoms with E-state index in [1.807, 2.05) is 0 Å². The molecular formula is C25H30N6O3. The maximum absolute atomic E-state index is 12.9. The lowest BCUT2D eigenvalue weighted by Crippen LogP contribution is -2.37. The number of aromatic nitrogens is 2. The van der Waals surface area contributed by atoms with Gasteiger partial charge in [0, 0.05) is 18.8 Å². The van der Waals surface area contributed by atoms with Crippen molar-refractivity contribution in [3.63, 3.8) is 0 Å². The molecule has 6 N–H and O–H groups in total. The summed E-state index contributed by atoms with van der Waals surface area (Å²) in [6.07, 6.45) is 3.14. The third kappa shape index (κ3) is 4.80. The first-order valence-corrected chi connectivity index (χ1v) is 11.4. The van der Waals surface area contributed by atoms with Gasteiger partial charge in [-0.3, -0.25) is 14.8 Å². The summed E-state index contributed by atoms with van der Waals surface area (Å²) in [4.78, 5) is 31.5. The Kier molecular flexibility index (Phi) is 6.67. The molecule has 9 nitrogen and oxygen atoms in total. The number of anilines is 2. The van der Waals surface area contributed by atoms with Gasteiger partial charge in [-0.05, 0) is 48.6 Å². The zero-order chi connectivity index (χ0) is 24.4. The van der Waals surface area contributed by atoms with Crippen LogP contribution in [-0.4, -0.2) is 33.6 Å². The Morgan fingerprint density at radius 3 is 2.53 bits per heavy atom. The summed E-state index contributed by atoms with van der Waals surface area (Å²) in [5.41, 5.74) is 12.1. The average molecular weight is 463 g/mol. The number of hydrogen-bond donors (Lipinski definition) is 5. The van der Waals surface area contributed by atoms with Gasteiger partial charge in [0.15, 0.2) is 0 Å². The highest BCUT2D eigenvalue weighted by atomic mass is 16.4. The molecule has 1 aliphatic rings. The summed E-state index contributed by atoms with van der Waals surface area (Å²) in [6.45, 7) is 6.15. The molecule has 178 valence electrons. The van der Waals surface area contributed by atoms with E-state index in [9.17, 15) is 14.7 Å². The third-order valence-electron chi connectivity index (χ3n) is 6.00. The number of nitrogens with two attached hydrogens (primary N) is 1. The average Bonchev–Trinajstić information content (AvgIpc) is 3.21. The van der Waals surface area contributed by atoms with Crippen molar-refractivity contribution in [2.24, 2.45) is 5.73 Å². The number of benzene rings is 2. The van der Waals surface area contributed by atoms with E-state index in [0.717, 1.165) is 18.4 Å². The Balaban J connectivity index is 1.51. The molecule has 2 unspecified atom stereocenters. The summed E-state index contributed by atoms with van der Waals surface area (Å²) in [5.74, 6) is -0.845. The Labute approximate surface area is 197 Å². The Morgan fingerprint density at radius 1 is 1.24 bits per heavy atom. The quantitative estimate of drug-likeness (QED) is 0.345. The lowest BCUT2D eigenvalue weighted by molar-refractivity contribution is -0.132. The fourth-order valence-electron chi connectivity index (χ4n) is 4.07. The third-order valence-corrected chi connectivity index (χ3v) is 6.00. The summed E-state index contributed by atoms with van der Waals surface area (Å²) < 4.78 is 0. The predicted octanol–water partition coefficient (Wildman–Crippen LogP) is 2.84. The maximum atomic E-state index is 12.9. The molecule has 9 heteroatoms. The van der Waals surface area contributed by atoms with Crippen LogP contribution in [-0.2, 0) is 17.6 Å². The van der Waals surface area contributed by atoms with Crippen molar-refractivity contribution in [3.05, 3.63) is 75.3 Å². The van der Waals surface area contributed by atoms with E-state index in [2.05, 4.69) is 64.0 Å². The van der Waals surface area contributed by atoms with Crippen molar-refractivity contribution in [3.8, 4) is 0 Å². The number of nitrogens with zero attached hydrogens (tertiary/aromatic N) is 2. The monoisotopic (exact) mass is 462 g/mol. The second kappa shape index (κ2) is 9.66. The maximum Gasteiger partial charge on any atom is 0.334 e. The molecule has 2 atom stereocenters. The van der Waals surface area contributed by atoms with E-state index < -0.39 is 18.1 Å². The van der Waals surface area contributed by atoms with Crippen LogP contribution in [0.3, 0.4) is 0 Å². The zero-order valence-corrected chi connectivity index (χ0v) is 19.6. The zero-order valence-electron chi connectivity index (χ0n) is 19.6. The Bertz CT molecular complexity index is 1310. The molecular weight excluding hydrogens is 432 g/mol. The lowest BCUT2D eigenvalue weighted by Gasteiger charge is -2.20. The van der Waals surface area contributed by atoms with Crippen molar-refractivity contribution in [2.45, 2.75) is 45.7 Å². The van der Waals surface area contributed by atoms with Crippen molar-refractivity contribution in [2.75, 3.05) is 16.9 Å². The molecule has 0 saturated heterocycles. The van der Waals surface area contributed by atoms with Gasteiger partial charge in [0.1, 0.15) is 5.69 Å². The fourth-order valence-corrected chi connectivity index (χ4v) is 4.07. The minimum absolute atomic E-state index is 0.175. The van der Waals surface area contributed by atoms with Crippen LogP contribution in [0.2, 0.25) is 0 Å². The van der Waals surface area contributed by atoms with Crippen LogP contribution >= 0.6 is 0 Å². The highest BCUT2D eigenvalue weighted by Crippen LogP contribution is 2.22. The van der Waals surface area contributed by atoms with E-state index in [1.54, 1.807) is 13.8 Å². The van der Waals surface area contributed by atoms with Gasteiger partial charge in [-0.25, -0.2) is 15.2 Å². The number of carboxylic acid groups (broad SMARTS) is 1. The number of hydrogen-bond acceptors (Lipinski definition) is 7. The number of H-pyrrole nitrogens is 1. The highest BCUT2D eigenvalue weighted by Gasteiger charge is 2.28. The van der Waals surface area contributed by atoms with Gasteiger partial charge in [-0.2, -0.15) is 0 Å². The standard InChI is InChI=1S/C25H30N6O3/c1-4-16-5-7-19-12-17(6-8-18(19)11-16)9-10-27-22-21(14(2)26)28-25(29-23(22)32)31-13-20(24(33)34)15(3)30-31/h5-8,11-15,27,30H,4,9-10,26H2,1-3H3,(H,33,34)(H,28,29,32). The van der Waals surface area contributed by atoms with Gasteiger partial charge < -0.3 is 16.2 Å². The molecule has 4 rings (SSSR count). The molecule has 1 aromatic heterocycles. The van der Waals surface area contributed by atoms with Crippen LogP contribution in [0.5, 0.6) is 0 Å². The van der Waals surface area contributed by atoms with E-state index in [0.29, 0.717) is 17.9 Å². The van der Waals surface area contributed by atoms with Crippen LogP contribution in [0.1, 0.15) is 43.6 Å². The van der Waals surface area contributed by atoms with Gasteiger partial charge in [0.2, 0.25) is 5.95 Å². The van der Waals surface area contributed by atoms with Gasteiger partial charge >= 0.3 is 5.97 Å². The number of carboxylic acids is 1. The topological polar surface area (TPSA) is 136 Å². The number of aromatic amines is 1. The molecule has 2 aromatic carbocycles. The molecule has 0 saturated carbocycles. The van der Waals surface area contributed by atoms with Gasteiger partial charge in [-0.15, -0.1) is 0 Å². The van der Waals surface area contributed by atoms with Crippen molar-refractivity contribution >= 4 is 28.4 Å². The molecule has 3 aromatic rings. The van der Waals surface area contributed by atoms with Crippen LogP contribution in [0, 0.1) is 0 Å². The number of nitrogens with one attached hydrogen (secondary N) is 3. The molecule has 0 fully saturated rings. The number of rotatable bonds is 8. The van der Waals surface area contributed by atoms with Crippen LogP contribution < -0.4 is 27.0 Å². The highest BCUT2D eigenvalue weighted by molar-refractivity contribution is 5.89. The first kappa shape index (κ1) is 23.5. The van der Waals surface area contributed by atoms with Crippen molar-refractivity contribution in [1.82, 2.24) is 15.4 Å². The molecule has 0 bridgehead atoms. The molecule has 0 aliphatic carbocycles. The molecule has 0 amide bonds. The first-order valence-electron chi connectivity index (χ1n) is 11.4. The van der Waals surface area contributed by atoms with Gasteiger partial charge in [0.25, 0.3) is 5.56 Å². The minimum atomic E-state index is -1.03. The van der Waals surface area contributed by atoms with Crippen LogP contribution in [0.4, 0.5) is 11.6 Å². The smallest absolute Gasteiger partial charge is 0.334 e. The molecule has 34 heavy (non-hydrogen) atoms. The fraction of sp³-hybridized carbons (Fsp3) is 0.320. The van der Waals surface area contributed by atoms with E-state index in [4.69, 9.17) is 5.73 Å². The second-order valence-electron chi connectivity index (χ2n) is 8.60. The minimum Gasteiger partial charge on any atom is -0.478 e. The molecule has 0 radical (unpaired) electrons. The molecule has 0 spiro atoms. The Hall–Kier alpha value is -3.69. The summed E-state index contributed by atoms with van der Waals surface area (Å²) in [7, 11) is 0. The largest absolute Gasteiger partial charge is 0.478 e. The summed E-state index contributed by atoms with van der Waals surface area (Å²) in [6, 6.07) is 12.0. The predicted molar refractivity (Wildman–Crippen MR) is 134 cm³/mol. The molecule has 2 heterocycles. The lowest BCUT2D eigenvalue weighted by atomic mass is 10.0. The summed E-state index contributed by atoms with van der Waals surface area (Å²) in [5, 5.41) is 16.3. The van der Waals surface area contributed by atoms with Crippen molar-refractivity contribution in [1.29, 1.82) is 0 Å². The number of fused-ring (bicyclic) bond motifs is 1. The normalized spacial score (nSPS) is 16.5. The number of aryl methyl sites for hydroxylation is 1. The Morgan fingerprint density at radius 2 is 1.91 bits per heavy atom. The SMILES string of the molecule is CCc1ccc2cc(CCNc3c(C(C)N)nc(N4C=C(C(=O)O)C(C)N4)[nH]c3=O)ccc2c1. The van der Waals surface area contributed by atoms with Gasteiger partial charge in [0.05, 0.1) is 17.3 Å². The second-order valence-corrected chi connectivity index (χ2v) is 8.60. The van der Waals surface area contributed by atoms with E-state index in [-0.39, 0.29) is 17.1 Å². The molecule has 1 aliphatic heterocycles. The summed E-state index contributed by atoms with van der Waals surface area (Å²) >= 11 is 0. The first-order chi connectivity index (χ1) is 16.3. The number of hydrazine groups is 1.